The van der Waals surface area contributed by atoms with Crippen LogP contribution in [0, 0.1) is 0 Å². The normalized spacial score (nSPS) is 21.5. The molecule has 0 unspecified atom stereocenters. The molecular formula is C14H20N2. The molecule has 1 fully saturated rings. The van der Waals surface area contributed by atoms with E-state index in [1.54, 1.807) is 0 Å². The standard InChI is InChI=1S/C14H20N2/c1-2-6-14-12-16(11-13(14)5-1)10-9-15-7-3-4-8-15/h1-2,5-6H,3-4,7-12H2. The van der Waals surface area contributed by atoms with Crippen LogP contribution in [0.5, 0.6) is 0 Å². The third-order valence-corrected chi connectivity index (χ3v) is 3.84. The molecule has 0 saturated carbocycles. The van der Waals surface area contributed by atoms with E-state index < -0.39 is 0 Å². The Kier molecular flexibility index (Phi) is 2.94. The van der Waals surface area contributed by atoms with Crippen molar-refractivity contribution in [1.29, 1.82) is 0 Å². The molecule has 3 rings (SSSR count). The van der Waals surface area contributed by atoms with Crippen LogP contribution in [-0.2, 0) is 13.1 Å². The molecule has 86 valence electrons. The zero-order chi connectivity index (χ0) is 10.8. The first-order chi connectivity index (χ1) is 7.92. The summed E-state index contributed by atoms with van der Waals surface area (Å²) in [6, 6.07) is 8.85. The lowest BCUT2D eigenvalue weighted by atomic mass is 10.1. The predicted octanol–water partition coefficient (Wildman–Crippen LogP) is 2.10. The fourth-order valence-electron chi connectivity index (χ4n) is 2.85. The maximum Gasteiger partial charge on any atom is 0.0241 e. The van der Waals surface area contributed by atoms with Crippen LogP contribution in [0.3, 0.4) is 0 Å². The first-order valence-corrected chi connectivity index (χ1v) is 6.43. The minimum Gasteiger partial charge on any atom is -0.302 e. The fourth-order valence-corrected chi connectivity index (χ4v) is 2.85. The molecule has 1 aromatic carbocycles. The Morgan fingerprint density at radius 2 is 1.38 bits per heavy atom. The summed E-state index contributed by atoms with van der Waals surface area (Å²) in [6.45, 7) is 7.44. The van der Waals surface area contributed by atoms with Gasteiger partial charge in [-0.05, 0) is 37.1 Å². The SMILES string of the molecule is c1ccc2c(c1)CN(CCN1CCCC1)C2. The molecule has 2 aliphatic heterocycles. The molecule has 0 atom stereocenters. The van der Waals surface area contributed by atoms with E-state index in [1.807, 2.05) is 0 Å². The first kappa shape index (κ1) is 10.3. The third-order valence-electron chi connectivity index (χ3n) is 3.84. The number of rotatable bonds is 3. The number of benzene rings is 1. The quantitative estimate of drug-likeness (QED) is 0.763. The lowest BCUT2D eigenvalue weighted by Gasteiger charge is -2.20. The highest BCUT2D eigenvalue weighted by Gasteiger charge is 2.19. The minimum atomic E-state index is 1.16. The lowest BCUT2D eigenvalue weighted by molar-refractivity contribution is 0.228. The number of hydrogen-bond donors (Lipinski definition) is 0. The van der Waals surface area contributed by atoms with Gasteiger partial charge in [-0.2, -0.15) is 0 Å². The van der Waals surface area contributed by atoms with Crippen molar-refractivity contribution >= 4 is 0 Å². The Morgan fingerprint density at radius 3 is 2.00 bits per heavy atom. The highest BCUT2D eigenvalue weighted by Crippen LogP contribution is 2.21. The molecule has 0 aromatic heterocycles. The molecular weight excluding hydrogens is 196 g/mol. The van der Waals surface area contributed by atoms with Crippen LogP contribution in [0.15, 0.2) is 24.3 Å². The molecule has 0 N–H and O–H groups in total. The summed E-state index contributed by atoms with van der Waals surface area (Å²) in [4.78, 5) is 5.17. The summed E-state index contributed by atoms with van der Waals surface area (Å²) in [5, 5.41) is 0. The van der Waals surface area contributed by atoms with Crippen molar-refractivity contribution in [3.8, 4) is 0 Å². The van der Waals surface area contributed by atoms with E-state index in [-0.39, 0.29) is 0 Å². The van der Waals surface area contributed by atoms with E-state index in [0.29, 0.717) is 0 Å². The average molecular weight is 216 g/mol. The second-order valence-electron chi connectivity index (χ2n) is 5.03. The van der Waals surface area contributed by atoms with Crippen LogP contribution in [0.1, 0.15) is 24.0 Å². The Morgan fingerprint density at radius 1 is 0.812 bits per heavy atom. The summed E-state index contributed by atoms with van der Waals surface area (Å²) in [5.74, 6) is 0. The van der Waals surface area contributed by atoms with Crippen LogP contribution in [0.2, 0.25) is 0 Å². The second kappa shape index (κ2) is 4.56. The van der Waals surface area contributed by atoms with Gasteiger partial charge in [0.25, 0.3) is 0 Å². The zero-order valence-electron chi connectivity index (χ0n) is 9.86. The van der Waals surface area contributed by atoms with E-state index in [0.717, 1.165) is 13.1 Å². The van der Waals surface area contributed by atoms with Crippen LogP contribution < -0.4 is 0 Å². The van der Waals surface area contributed by atoms with Crippen molar-refractivity contribution in [2.45, 2.75) is 25.9 Å². The van der Waals surface area contributed by atoms with Gasteiger partial charge in [-0.1, -0.05) is 24.3 Å². The number of fused-ring (bicyclic) bond motifs is 1. The van der Waals surface area contributed by atoms with Crippen molar-refractivity contribution in [3.05, 3.63) is 35.4 Å². The number of nitrogens with zero attached hydrogens (tertiary/aromatic N) is 2. The molecule has 0 bridgehead atoms. The maximum atomic E-state index is 2.60. The summed E-state index contributed by atoms with van der Waals surface area (Å²) in [7, 11) is 0. The maximum absolute atomic E-state index is 2.60. The number of likely N-dealkylation sites (tertiary alicyclic amines) is 1. The van der Waals surface area contributed by atoms with E-state index >= 15 is 0 Å². The van der Waals surface area contributed by atoms with Gasteiger partial charge in [0.05, 0.1) is 0 Å². The van der Waals surface area contributed by atoms with Gasteiger partial charge in [0.2, 0.25) is 0 Å². The summed E-state index contributed by atoms with van der Waals surface area (Å²) >= 11 is 0. The Bertz CT molecular complexity index is 331. The van der Waals surface area contributed by atoms with Crippen molar-refractivity contribution in [2.24, 2.45) is 0 Å². The van der Waals surface area contributed by atoms with Gasteiger partial charge in [0.15, 0.2) is 0 Å². The molecule has 0 aliphatic carbocycles. The smallest absolute Gasteiger partial charge is 0.0241 e. The van der Waals surface area contributed by atoms with E-state index in [2.05, 4.69) is 34.1 Å². The predicted molar refractivity (Wildman–Crippen MR) is 66.2 cm³/mol. The Balaban J connectivity index is 1.52. The topological polar surface area (TPSA) is 6.48 Å². The van der Waals surface area contributed by atoms with Gasteiger partial charge in [-0.3, -0.25) is 4.90 Å². The van der Waals surface area contributed by atoms with Crippen LogP contribution >= 0.6 is 0 Å². The lowest BCUT2D eigenvalue weighted by Crippen LogP contribution is -2.30. The summed E-state index contributed by atoms with van der Waals surface area (Å²) in [5.41, 5.74) is 3.06. The Hall–Kier alpha value is -0.860. The van der Waals surface area contributed by atoms with Gasteiger partial charge in [0.1, 0.15) is 0 Å². The van der Waals surface area contributed by atoms with Crippen molar-refractivity contribution in [2.75, 3.05) is 26.2 Å². The molecule has 0 radical (unpaired) electrons. The minimum absolute atomic E-state index is 1.16. The Labute approximate surface area is 97.9 Å². The van der Waals surface area contributed by atoms with E-state index in [9.17, 15) is 0 Å². The van der Waals surface area contributed by atoms with Crippen LogP contribution in [0.4, 0.5) is 0 Å². The van der Waals surface area contributed by atoms with Crippen molar-refractivity contribution in [1.82, 2.24) is 9.80 Å². The molecule has 1 aromatic rings. The van der Waals surface area contributed by atoms with Crippen molar-refractivity contribution < 1.29 is 0 Å². The van der Waals surface area contributed by atoms with Gasteiger partial charge >= 0.3 is 0 Å². The highest BCUT2D eigenvalue weighted by molar-refractivity contribution is 5.30. The molecule has 0 spiro atoms. The van der Waals surface area contributed by atoms with E-state index in [1.165, 1.54) is 50.1 Å². The molecule has 2 aliphatic rings. The van der Waals surface area contributed by atoms with Gasteiger partial charge in [0, 0.05) is 26.2 Å². The molecule has 2 heterocycles. The van der Waals surface area contributed by atoms with Crippen LogP contribution in [-0.4, -0.2) is 36.0 Å². The summed E-state index contributed by atoms with van der Waals surface area (Å²) < 4.78 is 0. The van der Waals surface area contributed by atoms with Crippen LogP contribution in [0.25, 0.3) is 0 Å². The highest BCUT2D eigenvalue weighted by atomic mass is 15.2. The van der Waals surface area contributed by atoms with E-state index in [4.69, 9.17) is 0 Å². The third kappa shape index (κ3) is 2.13. The van der Waals surface area contributed by atoms with Gasteiger partial charge < -0.3 is 4.90 Å². The fraction of sp³-hybridized carbons (Fsp3) is 0.571. The number of hydrogen-bond acceptors (Lipinski definition) is 2. The second-order valence-corrected chi connectivity index (χ2v) is 5.03. The average Bonchev–Trinajstić information content (AvgIpc) is 2.95. The van der Waals surface area contributed by atoms with Gasteiger partial charge in [-0.25, -0.2) is 0 Å². The molecule has 16 heavy (non-hydrogen) atoms. The van der Waals surface area contributed by atoms with Gasteiger partial charge in [-0.15, -0.1) is 0 Å². The largest absolute Gasteiger partial charge is 0.302 e. The zero-order valence-corrected chi connectivity index (χ0v) is 9.86. The summed E-state index contributed by atoms with van der Waals surface area (Å²) in [6.07, 6.45) is 2.81. The molecule has 2 nitrogen and oxygen atoms in total. The van der Waals surface area contributed by atoms with Crippen molar-refractivity contribution in [3.63, 3.8) is 0 Å². The molecule has 2 heteroatoms. The molecule has 1 saturated heterocycles. The monoisotopic (exact) mass is 216 g/mol. The molecule has 0 amide bonds. The first-order valence-electron chi connectivity index (χ1n) is 6.43.